The van der Waals surface area contributed by atoms with Gasteiger partial charge >= 0.3 is 0 Å². The third kappa shape index (κ3) is 8.58. The second-order valence-corrected chi connectivity index (χ2v) is 6.96. The highest BCUT2D eigenvalue weighted by Crippen LogP contribution is 2.14. The maximum absolute atomic E-state index is 5.19. The van der Waals surface area contributed by atoms with Crippen molar-refractivity contribution in [2.75, 3.05) is 47.4 Å². The summed E-state index contributed by atoms with van der Waals surface area (Å²) in [5.74, 6) is 2.58. The first-order valence-electron chi connectivity index (χ1n) is 9.47. The molecule has 2 N–H and O–H groups in total. The van der Waals surface area contributed by atoms with Gasteiger partial charge in [-0.1, -0.05) is 12.1 Å². The average Bonchev–Trinajstić information content (AvgIpc) is 2.64. The molecule has 0 aliphatic carbocycles. The van der Waals surface area contributed by atoms with Crippen LogP contribution in [0.1, 0.15) is 31.2 Å². The highest BCUT2D eigenvalue weighted by molar-refractivity contribution is 14.0. The molecule has 5 nitrogen and oxygen atoms in total. The monoisotopic (exact) mass is 474 g/mol. The molecule has 1 aliphatic rings. The zero-order valence-corrected chi connectivity index (χ0v) is 18.8. The lowest BCUT2D eigenvalue weighted by atomic mass is 9.99. The molecular formula is C20H35IN4O. The molecule has 1 heterocycles. The minimum atomic E-state index is 0. The van der Waals surface area contributed by atoms with Gasteiger partial charge in [0.15, 0.2) is 5.96 Å². The number of aryl methyl sites for hydroxylation is 1. The molecule has 1 saturated heterocycles. The summed E-state index contributed by atoms with van der Waals surface area (Å²) in [6.07, 6.45) is 6.03. The fourth-order valence-corrected chi connectivity index (χ4v) is 3.35. The number of nitrogens with one attached hydrogen (secondary N) is 2. The van der Waals surface area contributed by atoms with Crippen LogP contribution < -0.4 is 15.4 Å². The van der Waals surface area contributed by atoms with Gasteiger partial charge in [0.1, 0.15) is 5.75 Å². The van der Waals surface area contributed by atoms with E-state index in [1.807, 2.05) is 19.2 Å². The molecule has 26 heavy (non-hydrogen) atoms. The van der Waals surface area contributed by atoms with Crippen molar-refractivity contribution in [2.45, 2.75) is 32.1 Å². The van der Waals surface area contributed by atoms with E-state index in [1.54, 1.807) is 7.11 Å². The standard InChI is InChI=1S/C20H34N4O.HI/c1-21-20(23-15-18-8-6-14-24(2)16-18)22-13-5-4-7-17-9-11-19(25-3)12-10-17;/h9-12,18H,4-8,13-16H2,1-3H3,(H2,21,22,23);1H. The van der Waals surface area contributed by atoms with Crippen LogP contribution in [0, 0.1) is 5.92 Å². The lowest BCUT2D eigenvalue weighted by Gasteiger charge is -2.30. The quantitative estimate of drug-likeness (QED) is 0.263. The van der Waals surface area contributed by atoms with Crippen molar-refractivity contribution in [1.29, 1.82) is 0 Å². The maximum atomic E-state index is 5.19. The lowest BCUT2D eigenvalue weighted by molar-refractivity contribution is 0.210. The number of nitrogens with zero attached hydrogens (tertiary/aromatic N) is 2. The zero-order chi connectivity index (χ0) is 17.9. The normalized spacial score (nSPS) is 18.1. The molecule has 1 unspecified atom stereocenters. The van der Waals surface area contributed by atoms with E-state index in [1.165, 1.54) is 37.9 Å². The summed E-state index contributed by atoms with van der Waals surface area (Å²) in [5.41, 5.74) is 1.37. The molecule has 0 amide bonds. The topological polar surface area (TPSA) is 48.9 Å². The summed E-state index contributed by atoms with van der Waals surface area (Å²) in [6.45, 7) is 4.39. The van der Waals surface area contributed by atoms with Crippen molar-refractivity contribution in [3.05, 3.63) is 29.8 Å². The summed E-state index contributed by atoms with van der Waals surface area (Å²) >= 11 is 0. The molecular weight excluding hydrogens is 439 g/mol. The summed E-state index contributed by atoms with van der Waals surface area (Å²) in [4.78, 5) is 6.76. The second kappa shape index (κ2) is 13.2. The first kappa shape index (κ1) is 23.0. The third-order valence-corrected chi connectivity index (χ3v) is 4.85. The van der Waals surface area contributed by atoms with Crippen LogP contribution in [-0.2, 0) is 6.42 Å². The van der Waals surface area contributed by atoms with Crippen LogP contribution in [-0.4, -0.2) is 58.2 Å². The SMILES string of the molecule is CN=C(NCCCCc1ccc(OC)cc1)NCC1CCCN(C)C1.I. The number of aliphatic imine (C=N–C) groups is 1. The largest absolute Gasteiger partial charge is 0.497 e. The first-order chi connectivity index (χ1) is 12.2. The van der Waals surface area contributed by atoms with E-state index >= 15 is 0 Å². The Kier molecular flexibility index (Phi) is 11.7. The van der Waals surface area contributed by atoms with Crippen LogP contribution in [0.15, 0.2) is 29.3 Å². The number of likely N-dealkylation sites (tertiary alicyclic amines) is 1. The molecule has 1 aromatic carbocycles. The number of ether oxygens (including phenoxy) is 1. The van der Waals surface area contributed by atoms with Gasteiger partial charge in [0.25, 0.3) is 0 Å². The summed E-state index contributed by atoms with van der Waals surface area (Å²) in [6, 6.07) is 8.35. The zero-order valence-electron chi connectivity index (χ0n) is 16.5. The van der Waals surface area contributed by atoms with Crippen molar-refractivity contribution < 1.29 is 4.74 Å². The predicted octanol–water partition coefficient (Wildman–Crippen LogP) is 3.14. The van der Waals surface area contributed by atoms with Crippen LogP contribution in [0.4, 0.5) is 0 Å². The number of benzene rings is 1. The van der Waals surface area contributed by atoms with Crippen molar-refractivity contribution in [2.24, 2.45) is 10.9 Å². The number of methoxy groups -OCH3 is 1. The maximum Gasteiger partial charge on any atom is 0.190 e. The molecule has 148 valence electrons. The Balaban J connectivity index is 0.00000338. The molecule has 0 aromatic heterocycles. The van der Waals surface area contributed by atoms with Crippen molar-refractivity contribution in [1.82, 2.24) is 15.5 Å². The average molecular weight is 474 g/mol. The fourth-order valence-electron chi connectivity index (χ4n) is 3.35. The van der Waals surface area contributed by atoms with Gasteiger partial charge in [-0.05, 0) is 69.3 Å². The Labute approximate surface area is 176 Å². The van der Waals surface area contributed by atoms with E-state index in [2.05, 4.69) is 39.7 Å². The van der Waals surface area contributed by atoms with Crippen LogP contribution in [0.3, 0.4) is 0 Å². The van der Waals surface area contributed by atoms with E-state index in [0.717, 1.165) is 43.6 Å². The molecule has 6 heteroatoms. The lowest BCUT2D eigenvalue weighted by Crippen LogP contribution is -2.43. The highest BCUT2D eigenvalue weighted by atomic mass is 127. The summed E-state index contributed by atoms with van der Waals surface area (Å²) < 4.78 is 5.19. The number of hydrogen-bond donors (Lipinski definition) is 2. The number of hydrogen-bond acceptors (Lipinski definition) is 3. The Morgan fingerprint density at radius 1 is 1.23 bits per heavy atom. The van der Waals surface area contributed by atoms with Crippen LogP contribution in [0.25, 0.3) is 0 Å². The van der Waals surface area contributed by atoms with Gasteiger partial charge < -0.3 is 20.3 Å². The molecule has 1 atom stereocenters. The number of piperidine rings is 1. The molecule has 1 aliphatic heterocycles. The smallest absolute Gasteiger partial charge is 0.190 e. The highest BCUT2D eigenvalue weighted by Gasteiger charge is 2.17. The number of halogens is 1. The summed E-state index contributed by atoms with van der Waals surface area (Å²) in [5, 5.41) is 6.91. The Morgan fingerprint density at radius 2 is 2.00 bits per heavy atom. The van der Waals surface area contributed by atoms with Crippen molar-refractivity contribution in [3.8, 4) is 5.75 Å². The Bertz CT molecular complexity index is 521. The van der Waals surface area contributed by atoms with E-state index in [4.69, 9.17) is 4.74 Å². The fraction of sp³-hybridized carbons (Fsp3) is 0.650. The van der Waals surface area contributed by atoms with Gasteiger partial charge in [-0.3, -0.25) is 4.99 Å². The number of rotatable bonds is 8. The number of guanidine groups is 1. The van der Waals surface area contributed by atoms with Gasteiger partial charge in [0.05, 0.1) is 7.11 Å². The first-order valence-corrected chi connectivity index (χ1v) is 9.47. The van der Waals surface area contributed by atoms with Gasteiger partial charge in [0, 0.05) is 26.7 Å². The van der Waals surface area contributed by atoms with Gasteiger partial charge in [0.2, 0.25) is 0 Å². The van der Waals surface area contributed by atoms with Crippen LogP contribution in [0.2, 0.25) is 0 Å². The van der Waals surface area contributed by atoms with Gasteiger partial charge in [-0.15, -0.1) is 24.0 Å². The van der Waals surface area contributed by atoms with Crippen molar-refractivity contribution in [3.63, 3.8) is 0 Å². The molecule has 1 fully saturated rings. The minimum Gasteiger partial charge on any atom is -0.497 e. The van der Waals surface area contributed by atoms with Gasteiger partial charge in [-0.2, -0.15) is 0 Å². The summed E-state index contributed by atoms with van der Waals surface area (Å²) in [7, 11) is 5.76. The molecule has 1 aromatic rings. The van der Waals surface area contributed by atoms with Crippen LogP contribution in [0.5, 0.6) is 5.75 Å². The Morgan fingerprint density at radius 3 is 2.65 bits per heavy atom. The van der Waals surface area contributed by atoms with Crippen molar-refractivity contribution >= 4 is 29.9 Å². The molecule has 0 bridgehead atoms. The minimum absolute atomic E-state index is 0. The second-order valence-electron chi connectivity index (χ2n) is 6.96. The molecule has 2 rings (SSSR count). The van der Waals surface area contributed by atoms with E-state index in [0.29, 0.717) is 0 Å². The Hall–Kier alpha value is -1.02. The van der Waals surface area contributed by atoms with Crippen LogP contribution >= 0.6 is 24.0 Å². The number of unbranched alkanes of at least 4 members (excludes halogenated alkanes) is 1. The van der Waals surface area contributed by atoms with Gasteiger partial charge in [-0.25, -0.2) is 0 Å². The van der Waals surface area contributed by atoms with E-state index in [9.17, 15) is 0 Å². The van der Waals surface area contributed by atoms with E-state index < -0.39 is 0 Å². The molecule has 0 saturated carbocycles. The predicted molar refractivity (Wildman–Crippen MR) is 121 cm³/mol. The molecule has 0 spiro atoms. The van der Waals surface area contributed by atoms with E-state index in [-0.39, 0.29) is 24.0 Å². The third-order valence-electron chi connectivity index (χ3n) is 4.85. The molecule has 0 radical (unpaired) electrons.